The normalized spacial score (nSPS) is 17.8. The molecular formula is C25H29F2NO5S. The first-order valence-electron chi connectivity index (χ1n) is 11.2. The molecule has 0 unspecified atom stereocenters. The van der Waals surface area contributed by atoms with Crippen LogP contribution >= 0.6 is 11.3 Å². The van der Waals surface area contributed by atoms with Crippen molar-refractivity contribution < 1.29 is 33.0 Å². The Morgan fingerprint density at radius 1 is 1.29 bits per heavy atom. The number of aliphatic hydroxyl groups is 1. The van der Waals surface area contributed by atoms with Crippen LogP contribution in [0, 0.1) is 0 Å². The highest BCUT2D eigenvalue weighted by atomic mass is 32.1. The zero-order valence-corrected chi connectivity index (χ0v) is 20.0. The second-order valence-corrected chi connectivity index (χ2v) is 9.47. The average molecular weight is 494 g/mol. The van der Waals surface area contributed by atoms with Crippen molar-refractivity contribution in [2.45, 2.75) is 57.3 Å². The first-order chi connectivity index (χ1) is 16.2. The number of thiophene rings is 1. The number of carbonyl (C=O) groups excluding carboxylic acids is 2. The van der Waals surface area contributed by atoms with Crippen LogP contribution in [-0.4, -0.2) is 53.5 Å². The average Bonchev–Trinajstić information content (AvgIpc) is 3.28. The Kier molecular flexibility index (Phi) is 8.79. The smallest absolute Gasteiger partial charge is 0.410 e. The molecule has 1 amide bonds. The predicted octanol–water partition coefficient (Wildman–Crippen LogP) is 5.17. The molecule has 1 aliphatic heterocycles. The molecule has 6 nitrogen and oxygen atoms in total. The van der Waals surface area contributed by atoms with Crippen molar-refractivity contribution in [2.24, 2.45) is 0 Å². The van der Waals surface area contributed by atoms with Gasteiger partial charge in [-0.05, 0) is 38.8 Å². The third kappa shape index (κ3) is 6.64. The van der Waals surface area contributed by atoms with E-state index in [1.165, 1.54) is 46.6 Å². The molecule has 0 spiro atoms. The fraction of sp³-hybridized carbons (Fsp3) is 0.440. The number of halogens is 2. The van der Waals surface area contributed by atoms with E-state index in [2.05, 4.69) is 0 Å². The van der Waals surface area contributed by atoms with Gasteiger partial charge in [-0.3, -0.25) is 0 Å². The van der Waals surface area contributed by atoms with Crippen LogP contribution in [0.3, 0.4) is 0 Å². The molecule has 9 heteroatoms. The quantitative estimate of drug-likeness (QED) is 0.365. The Bertz CT molecular complexity index is 992. The van der Waals surface area contributed by atoms with Gasteiger partial charge >= 0.3 is 18.0 Å². The van der Waals surface area contributed by atoms with Gasteiger partial charge in [0.05, 0.1) is 18.8 Å². The molecule has 0 radical (unpaired) electrons. The highest BCUT2D eigenvalue weighted by molar-refractivity contribution is 7.13. The first-order valence-corrected chi connectivity index (χ1v) is 12.0. The Hall–Kier alpha value is -2.78. The van der Waals surface area contributed by atoms with Gasteiger partial charge in [0.2, 0.25) is 0 Å². The van der Waals surface area contributed by atoms with Crippen LogP contribution in [-0.2, 0) is 21.8 Å². The van der Waals surface area contributed by atoms with E-state index in [4.69, 9.17) is 9.47 Å². The summed E-state index contributed by atoms with van der Waals surface area (Å²) in [6.07, 6.45) is 1.44. The van der Waals surface area contributed by atoms with Gasteiger partial charge in [0, 0.05) is 23.4 Å². The molecule has 0 bridgehead atoms. The maximum absolute atomic E-state index is 14.6. The van der Waals surface area contributed by atoms with E-state index < -0.39 is 24.2 Å². The van der Waals surface area contributed by atoms with Gasteiger partial charge in [-0.2, -0.15) is 8.78 Å². The molecule has 1 saturated heterocycles. The summed E-state index contributed by atoms with van der Waals surface area (Å²) in [6.45, 7) is 4.11. The predicted molar refractivity (Wildman–Crippen MR) is 125 cm³/mol. The summed E-state index contributed by atoms with van der Waals surface area (Å²) in [5, 5.41) is 10.1. The van der Waals surface area contributed by atoms with Crippen molar-refractivity contribution in [1.29, 1.82) is 0 Å². The molecule has 1 aromatic heterocycles. The minimum absolute atomic E-state index is 0.182. The van der Waals surface area contributed by atoms with E-state index in [9.17, 15) is 23.5 Å². The molecule has 1 fully saturated rings. The maximum Gasteiger partial charge on any atom is 0.410 e. The Balaban J connectivity index is 1.58. The number of hydrogen-bond donors (Lipinski definition) is 1. The number of esters is 1. The highest BCUT2D eigenvalue weighted by Crippen LogP contribution is 2.32. The summed E-state index contributed by atoms with van der Waals surface area (Å²) in [5.74, 6) is -3.81. The van der Waals surface area contributed by atoms with Crippen LogP contribution in [0.5, 0.6) is 0 Å². The van der Waals surface area contributed by atoms with Crippen LogP contribution in [0.25, 0.3) is 0 Å². The lowest BCUT2D eigenvalue weighted by Crippen LogP contribution is -2.45. The molecule has 1 N–H and O–H groups in total. The summed E-state index contributed by atoms with van der Waals surface area (Å²) in [5.41, 5.74) is -0.278. The van der Waals surface area contributed by atoms with Crippen LogP contribution < -0.4 is 0 Å². The van der Waals surface area contributed by atoms with Gasteiger partial charge in [-0.25, -0.2) is 9.59 Å². The number of hydrogen-bond acceptors (Lipinski definition) is 6. The third-order valence-corrected chi connectivity index (χ3v) is 6.47. The lowest BCUT2D eigenvalue weighted by atomic mass is 10.0. The molecule has 2 heterocycles. The van der Waals surface area contributed by atoms with E-state index in [-0.39, 0.29) is 24.2 Å². The maximum atomic E-state index is 14.6. The van der Waals surface area contributed by atoms with Crippen molar-refractivity contribution in [1.82, 2.24) is 4.90 Å². The summed E-state index contributed by atoms with van der Waals surface area (Å²) < 4.78 is 39.4. The molecule has 2 aromatic rings. The number of ether oxygens (including phenoxy) is 2. The van der Waals surface area contributed by atoms with E-state index in [1.807, 2.05) is 6.07 Å². The number of rotatable bonds is 10. The number of aryl methyl sites for hydroxylation is 1. The van der Waals surface area contributed by atoms with Gasteiger partial charge in [0.15, 0.2) is 0 Å². The summed E-state index contributed by atoms with van der Waals surface area (Å²) in [4.78, 5) is 27.3. The van der Waals surface area contributed by atoms with Crippen molar-refractivity contribution >= 4 is 23.4 Å². The molecule has 3 rings (SSSR count). The largest absolute Gasteiger partial charge is 0.459 e. The Labute approximate surface area is 201 Å². The zero-order valence-electron chi connectivity index (χ0n) is 19.2. The SMILES string of the molecule is CC(C)OC(=O)c1ccc(CCCN2C(=O)OCC[C@@H]2/C=C/[C@@H](O)C(F)(F)c2ccccc2)s1. The Morgan fingerprint density at radius 2 is 2.03 bits per heavy atom. The number of amides is 1. The van der Waals surface area contributed by atoms with E-state index in [0.29, 0.717) is 30.7 Å². The van der Waals surface area contributed by atoms with Gasteiger partial charge < -0.3 is 19.5 Å². The van der Waals surface area contributed by atoms with Gasteiger partial charge in [0.1, 0.15) is 11.0 Å². The molecule has 1 aliphatic rings. The number of benzene rings is 1. The first kappa shape index (κ1) is 25.8. The zero-order chi connectivity index (χ0) is 24.7. The molecule has 34 heavy (non-hydrogen) atoms. The number of alkyl halides is 2. The third-order valence-electron chi connectivity index (χ3n) is 5.35. The molecule has 0 aliphatic carbocycles. The number of carbonyl (C=O) groups is 2. The van der Waals surface area contributed by atoms with Gasteiger partial charge in [-0.1, -0.05) is 42.5 Å². The van der Waals surface area contributed by atoms with Crippen molar-refractivity contribution in [2.75, 3.05) is 13.2 Å². The van der Waals surface area contributed by atoms with E-state index in [0.717, 1.165) is 11.0 Å². The fourth-order valence-corrected chi connectivity index (χ4v) is 4.53. The van der Waals surface area contributed by atoms with Crippen LogP contribution in [0.2, 0.25) is 0 Å². The Morgan fingerprint density at radius 3 is 2.74 bits per heavy atom. The number of aliphatic hydroxyl groups excluding tert-OH is 1. The molecule has 184 valence electrons. The summed E-state index contributed by atoms with van der Waals surface area (Å²) >= 11 is 1.35. The fourth-order valence-electron chi connectivity index (χ4n) is 3.60. The molecule has 2 atom stereocenters. The monoisotopic (exact) mass is 493 g/mol. The van der Waals surface area contributed by atoms with E-state index >= 15 is 0 Å². The van der Waals surface area contributed by atoms with Crippen LogP contribution in [0.15, 0.2) is 54.6 Å². The van der Waals surface area contributed by atoms with Gasteiger partial charge in [0.25, 0.3) is 0 Å². The molecule has 1 aromatic carbocycles. The van der Waals surface area contributed by atoms with Crippen LogP contribution in [0.1, 0.15) is 46.8 Å². The van der Waals surface area contributed by atoms with Crippen molar-refractivity contribution in [3.05, 3.63) is 69.9 Å². The lowest BCUT2D eigenvalue weighted by Gasteiger charge is -2.33. The van der Waals surface area contributed by atoms with E-state index in [1.54, 1.807) is 26.0 Å². The molecule has 0 saturated carbocycles. The summed E-state index contributed by atoms with van der Waals surface area (Å²) in [7, 11) is 0. The second-order valence-electron chi connectivity index (χ2n) is 8.31. The highest BCUT2D eigenvalue weighted by Gasteiger charge is 2.39. The standard InChI is InChI=1S/C25H29F2NO5S/c1-17(2)33-23(30)21-12-11-20(34-21)9-6-15-28-19(14-16-32-24(28)31)10-13-22(29)25(26,27)18-7-4-3-5-8-18/h3-5,7-8,10-13,17,19,22,29H,6,9,14-16H2,1-2H3/b13-10+/t19-,22+/m0/s1. The van der Waals surface area contributed by atoms with Crippen LogP contribution in [0.4, 0.5) is 13.6 Å². The summed E-state index contributed by atoms with van der Waals surface area (Å²) in [6, 6.07) is 10.3. The molecular weight excluding hydrogens is 464 g/mol. The lowest BCUT2D eigenvalue weighted by molar-refractivity contribution is -0.0930. The van der Waals surface area contributed by atoms with Crippen molar-refractivity contribution in [3.8, 4) is 0 Å². The topological polar surface area (TPSA) is 76.1 Å². The minimum atomic E-state index is -3.45. The minimum Gasteiger partial charge on any atom is -0.459 e. The number of cyclic esters (lactones) is 1. The number of nitrogens with zero attached hydrogens (tertiary/aromatic N) is 1. The second kappa shape index (κ2) is 11.6. The van der Waals surface area contributed by atoms with Gasteiger partial charge in [-0.15, -0.1) is 11.3 Å². The van der Waals surface area contributed by atoms with Crippen molar-refractivity contribution in [3.63, 3.8) is 0 Å².